The van der Waals surface area contributed by atoms with E-state index < -0.39 is 0 Å². The van der Waals surface area contributed by atoms with Crippen molar-refractivity contribution in [3.8, 4) is 0 Å². The number of carbonyl (C=O) groups excluding carboxylic acids is 1. The van der Waals surface area contributed by atoms with Crippen LogP contribution in [-0.4, -0.2) is 5.78 Å². The molecule has 0 amide bonds. The Morgan fingerprint density at radius 2 is 1.82 bits per heavy atom. The van der Waals surface area contributed by atoms with Crippen LogP contribution >= 0.6 is 0 Å². The van der Waals surface area contributed by atoms with Gasteiger partial charge < -0.3 is 0 Å². The van der Waals surface area contributed by atoms with Gasteiger partial charge in [-0.1, -0.05) is 78.2 Å². The molecule has 1 nitrogen and oxygen atoms in total. The van der Waals surface area contributed by atoms with Gasteiger partial charge in [-0.25, -0.2) is 0 Å². The SMILES string of the molecule is CC(C)CCC[C@@H](C)[C@H]1CC[C@H]2[C@@H]3C(=O)C=C4C=CC=C[C@]4(C)[C@H]3CC[C@]12C. The fourth-order valence-electron chi connectivity index (χ4n) is 7.71. The van der Waals surface area contributed by atoms with Crippen molar-refractivity contribution in [2.24, 2.45) is 46.3 Å². The van der Waals surface area contributed by atoms with Gasteiger partial charge in [-0.2, -0.15) is 0 Å². The average Bonchev–Trinajstić information content (AvgIpc) is 2.99. The molecule has 0 radical (unpaired) electrons. The van der Waals surface area contributed by atoms with Gasteiger partial charge >= 0.3 is 0 Å². The molecule has 0 spiro atoms. The average molecular weight is 381 g/mol. The number of hydrogen-bond acceptors (Lipinski definition) is 1. The van der Waals surface area contributed by atoms with Crippen LogP contribution in [-0.2, 0) is 4.79 Å². The van der Waals surface area contributed by atoms with Crippen molar-refractivity contribution in [3.63, 3.8) is 0 Å². The van der Waals surface area contributed by atoms with Crippen molar-refractivity contribution >= 4 is 5.78 Å². The lowest BCUT2D eigenvalue weighted by atomic mass is 9.48. The summed E-state index contributed by atoms with van der Waals surface area (Å²) in [7, 11) is 0. The molecular formula is C27H40O. The summed E-state index contributed by atoms with van der Waals surface area (Å²) in [5.74, 6) is 4.17. The molecule has 4 aliphatic carbocycles. The number of rotatable bonds is 5. The molecule has 0 heterocycles. The zero-order valence-corrected chi connectivity index (χ0v) is 18.7. The van der Waals surface area contributed by atoms with Gasteiger partial charge in [0.25, 0.3) is 0 Å². The van der Waals surface area contributed by atoms with E-state index in [0.717, 1.165) is 17.8 Å². The van der Waals surface area contributed by atoms with Crippen LogP contribution < -0.4 is 0 Å². The number of fused-ring (bicyclic) bond motifs is 5. The summed E-state index contributed by atoms with van der Waals surface area (Å²) < 4.78 is 0. The maximum absolute atomic E-state index is 13.3. The van der Waals surface area contributed by atoms with E-state index in [0.29, 0.717) is 23.0 Å². The molecule has 0 aliphatic heterocycles. The Morgan fingerprint density at radius 3 is 2.57 bits per heavy atom. The normalized spacial score (nSPS) is 42.8. The monoisotopic (exact) mass is 380 g/mol. The fourth-order valence-corrected chi connectivity index (χ4v) is 7.71. The van der Waals surface area contributed by atoms with Gasteiger partial charge in [-0.3, -0.25) is 4.79 Å². The van der Waals surface area contributed by atoms with E-state index in [9.17, 15) is 4.79 Å². The zero-order valence-electron chi connectivity index (χ0n) is 18.7. The zero-order chi connectivity index (χ0) is 20.1. The highest BCUT2D eigenvalue weighted by molar-refractivity contribution is 5.95. The molecule has 2 fully saturated rings. The molecule has 0 aromatic rings. The predicted molar refractivity (Wildman–Crippen MR) is 118 cm³/mol. The van der Waals surface area contributed by atoms with Crippen molar-refractivity contribution in [3.05, 3.63) is 36.0 Å². The molecule has 4 aliphatic rings. The molecule has 154 valence electrons. The minimum atomic E-state index is 0.0651. The molecule has 0 unspecified atom stereocenters. The first-order chi connectivity index (χ1) is 13.3. The van der Waals surface area contributed by atoms with Crippen LogP contribution in [0.25, 0.3) is 0 Å². The first-order valence-electron chi connectivity index (χ1n) is 11.9. The third-order valence-corrected chi connectivity index (χ3v) is 9.32. The number of hydrogen-bond donors (Lipinski definition) is 0. The Labute approximate surface area is 172 Å². The van der Waals surface area contributed by atoms with E-state index in [-0.39, 0.29) is 11.3 Å². The van der Waals surface area contributed by atoms with Crippen molar-refractivity contribution in [2.45, 2.75) is 79.6 Å². The molecule has 7 atom stereocenters. The topological polar surface area (TPSA) is 17.1 Å². The molecule has 1 heteroatoms. The second-order valence-corrected chi connectivity index (χ2v) is 11.3. The second-order valence-electron chi connectivity index (χ2n) is 11.3. The largest absolute Gasteiger partial charge is 0.295 e. The highest BCUT2D eigenvalue weighted by Gasteiger charge is 2.60. The minimum Gasteiger partial charge on any atom is -0.295 e. The molecule has 0 N–H and O–H groups in total. The van der Waals surface area contributed by atoms with E-state index in [2.05, 4.69) is 58.9 Å². The van der Waals surface area contributed by atoms with E-state index in [4.69, 9.17) is 0 Å². The Morgan fingerprint density at radius 1 is 1.04 bits per heavy atom. The lowest BCUT2D eigenvalue weighted by molar-refractivity contribution is -0.131. The molecule has 0 saturated heterocycles. The van der Waals surface area contributed by atoms with E-state index in [1.54, 1.807) is 0 Å². The van der Waals surface area contributed by atoms with Crippen LogP contribution in [0.2, 0.25) is 0 Å². The molecule has 0 aromatic carbocycles. The van der Waals surface area contributed by atoms with Crippen molar-refractivity contribution in [2.75, 3.05) is 0 Å². The Balaban J connectivity index is 1.56. The van der Waals surface area contributed by atoms with Crippen LogP contribution in [0, 0.1) is 46.3 Å². The van der Waals surface area contributed by atoms with Crippen molar-refractivity contribution < 1.29 is 4.79 Å². The summed E-state index contributed by atoms with van der Waals surface area (Å²) in [4.78, 5) is 13.3. The molecule has 28 heavy (non-hydrogen) atoms. The van der Waals surface area contributed by atoms with Gasteiger partial charge in [0.05, 0.1) is 0 Å². The van der Waals surface area contributed by atoms with E-state index >= 15 is 0 Å². The number of allylic oxidation sites excluding steroid dienone is 6. The number of ketones is 1. The van der Waals surface area contributed by atoms with Gasteiger partial charge in [0.1, 0.15) is 0 Å². The molecule has 0 aromatic heterocycles. The van der Waals surface area contributed by atoms with Gasteiger partial charge in [-0.15, -0.1) is 0 Å². The summed E-state index contributed by atoms with van der Waals surface area (Å²) >= 11 is 0. The van der Waals surface area contributed by atoms with Crippen LogP contribution in [0.5, 0.6) is 0 Å². The summed E-state index contributed by atoms with van der Waals surface area (Å²) in [6, 6.07) is 0. The fraction of sp³-hybridized carbons (Fsp3) is 0.741. The van der Waals surface area contributed by atoms with E-state index in [1.165, 1.54) is 50.5 Å². The van der Waals surface area contributed by atoms with E-state index in [1.807, 2.05) is 6.08 Å². The lowest BCUT2D eigenvalue weighted by Crippen LogP contribution is -2.52. The van der Waals surface area contributed by atoms with Gasteiger partial charge in [0.15, 0.2) is 5.78 Å². The smallest absolute Gasteiger partial charge is 0.159 e. The molecule has 4 rings (SSSR count). The first kappa shape index (κ1) is 20.2. The number of carbonyl (C=O) groups is 1. The maximum Gasteiger partial charge on any atom is 0.159 e. The Hall–Kier alpha value is -1.11. The van der Waals surface area contributed by atoms with Crippen LogP contribution in [0.15, 0.2) is 36.0 Å². The molecule has 0 bridgehead atoms. The summed E-state index contributed by atoms with van der Waals surface area (Å²) in [6.07, 6.45) is 20.1. The third-order valence-electron chi connectivity index (χ3n) is 9.32. The van der Waals surface area contributed by atoms with Gasteiger partial charge in [0.2, 0.25) is 0 Å². The van der Waals surface area contributed by atoms with Crippen LogP contribution in [0.3, 0.4) is 0 Å². The molecule has 2 saturated carbocycles. The summed E-state index contributed by atoms with van der Waals surface area (Å²) in [5, 5.41) is 0. The standard InChI is InChI=1S/C27H40O/c1-18(2)9-8-10-19(3)21-12-13-22-25-23(14-16-27(21,22)5)26(4)15-7-6-11-20(26)17-24(25)28/h6-7,11,15,17-19,21-23,25H,8-10,12-14,16H2,1-5H3/t19-,21-,22+,23+,25+,26+,27-/m1/s1. The quantitative estimate of drug-likeness (QED) is 0.495. The maximum atomic E-state index is 13.3. The van der Waals surface area contributed by atoms with Crippen molar-refractivity contribution in [1.82, 2.24) is 0 Å². The van der Waals surface area contributed by atoms with Crippen molar-refractivity contribution in [1.29, 1.82) is 0 Å². The predicted octanol–water partition coefficient (Wildman–Crippen LogP) is 7.15. The first-order valence-corrected chi connectivity index (χ1v) is 11.9. The summed E-state index contributed by atoms with van der Waals surface area (Å²) in [6.45, 7) is 12.1. The van der Waals surface area contributed by atoms with Crippen LogP contribution in [0.4, 0.5) is 0 Å². The highest BCUT2D eigenvalue weighted by atomic mass is 16.1. The Kier molecular flexibility index (Phi) is 5.26. The Bertz CT molecular complexity index is 710. The third kappa shape index (κ3) is 3.08. The van der Waals surface area contributed by atoms with Gasteiger partial charge in [0, 0.05) is 11.3 Å². The second kappa shape index (κ2) is 7.29. The highest BCUT2D eigenvalue weighted by Crippen LogP contribution is 2.65. The minimum absolute atomic E-state index is 0.0651. The van der Waals surface area contributed by atoms with Gasteiger partial charge in [-0.05, 0) is 72.3 Å². The lowest BCUT2D eigenvalue weighted by Gasteiger charge is -2.55. The summed E-state index contributed by atoms with van der Waals surface area (Å²) in [5.41, 5.74) is 1.68. The molecular weight excluding hydrogens is 340 g/mol. The van der Waals surface area contributed by atoms with Crippen LogP contribution in [0.1, 0.15) is 79.6 Å².